The van der Waals surface area contributed by atoms with Gasteiger partial charge < -0.3 is 4.42 Å². The minimum Gasteiger partial charge on any atom is -0.469 e. The normalized spacial score (nSPS) is 10.4. The second-order valence-electron chi connectivity index (χ2n) is 3.12. The Balaban J connectivity index is 2.38. The molecule has 14 heavy (non-hydrogen) atoms. The zero-order valence-corrected chi connectivity index (χ0v) is 8.02. The van der Waals surface area contributed by atoms with Gasteiger partial charge in [-0.3, -0.25) is 9.48 Å². The molecule has 2 aromatic rings. The summed E-state index contributed by atoms with van der Waals surface area (Å²) in [6.45, 7) is 1.77. The molecular weight excluding hydrogens is 180 g/mol. The number of nitrogens with zero attached hydrogens (tertiary/aromatic N) is 2. The van der Waals surface area contributed by atoms with Gasteiger partial charge in [-0.2, -0.15) is 5.10 Å². The molecule has 4 heteroatoms. The van der Waals surface area contributed by atoms with Gasteiger partial charge in [0.15, 0.2) is 5.78 Å². The minimum atomic E-state index is -0.0515. The van der Waals surface area contributed by atoms with Crippen molar-refractivity contribution in [1.29, 1.82) is 0 Å². The predicted molar refractivity (Wildman–Crippen MR) is 50.1 cm³/mol. The Kier molecular flexibility index (Phi) is 1.96. The van der Waals surface area contributed by atoms with Crippen molar-refractivity contribution in [1.82, 2.24) is 9.78 Å². The highest BCUT2D eigenvalue weighted by molar-refractivity contribution is 6.09. The number of hydrogen-bond donors (Lipinski definition) is 0. The third kappa shape index (κ3) is 1.35. The first-order valence-corrected chi connectivity index (χ1v) is 4.26. The summed E-state index contributed by atoms with van der Waals surface area (Å²) in [6, 6.07) is 1.67. The van der Waals surface area contributed by atoms with E-state index in [0.29, 0.717) is 16.9 Å². The summed E-state index contributed by atoms with van der Waals surface area (Å²) in [6.07, 6.45) is 4.75. The quantitative estimate of drug-likeness (QED) is 0.675. The molecule has 0 spiro atoms. The zero-order valence-electron chi connectivity index (χ0n) is 8.02. The number of ketones is 1. The van der Waals surface area contributed by atoms with E-state index in [1.807, 2.05) is 0 Å². The average Bonchev–Trinajstić information content (AvgIpc) is 2.73. The highest BCUT2D eigenvalue weighted by Crippen LogP contribution is 2.14. The van der Waals surface area contributed by atoms with Crippen LogP contribution in [0.15, 0.2) is 29.1 Å². The fraction of sp³-hybridized carbons (Fsp3) is 0.200. The van der Waals surface area contributed by atoms with E-state index in [1.165, 1.54) is 6.26 Å². The highest BCUT2D eigenvalue weighted by atomic mass is 16.3. The molecule has 0 unspecified atom stereocenters. The van der Waals surface area contributed by atoms with Crippen LogP contribution in [0.1, 0.15) is 21.7 Å². The number of rotatable bonds is 2. The first-order valence-electron chi connectivity index (χ1n) is 4.26. The Morgan fingerprint density at radius 2 is 2.36 bits per heavy atom. The van der Waals surface area contributed by atoms with Crippen LogP contribution in [-0.2, 0) is 7.05 Å². The van der Waals surface area contributed by atoms with Crippen LogP contribution < -0.4 is 0 Å². The standard InChI is InChI=1S/C10H10N2O2/c1-7-9(3-4-14-7)10(13)8-5-11-12(2)6-8/h3-6H,1-2H3. The van der Waals surface area contributed by atoms with E-state index in [0.717, 1.165) is 0 Å². The number of furan rings is 1. The van der Waals surface area contributed by atoms with Gasteiger partial charge in [0.2, 0.25) is 0 Å². The number of carbonyl (C=O) groups excluding carboxylic acids is 1. The fourth-order valence-electron chi connectivity index (χ4n) is 1.31. The van der Waals surface area contributed by atoms with E-state index in [1.54, 1.807) is 37.1 Å². The maximum Gasteiger partial charge on any atom is 0.199 e. The Morgan fingerprint density at radius 1 is 1.57 bits per heavy atom. The van der Waals surface area contributed by atoms with E-state index >= 15 is 0 Å². The molecule has 0 saturated carbocycles. The lowest BCUT2D eigenvalue weighted by Crippen LogP contribution is -1.99. The average molecular weight is 190 g/mol. The molecule has 2 aromatic heterocycles. The summed E-state index contributed by atoms with van der Waals surface area (Å²) < 4.78 is 6.67. The van der Waals surface area contributed by atoms with Crippen molar-refractivity contribution in [3.8, 4) is 0 Å². The van der Waals surface area contributed by atoms with Gasteiger partial charge in [-0.25, -0.2) is 0 Å². The molecule has 0 aliphatic carbocycles. The fourth-order valence-corrected chi connectivity index (χ4v) is 1.31. The number of aromatic nitrogens is 2. The number of carbonyl (C=O) groups is 1. The van der Waals surface area contributed by atoms with Gasteiger partial charge in [0.05, 0.1) is 23.6 Å². The molecule has 0 aromatic carbocycles. The Labute approximate surface area is 81.1 Å². The monoisotopic (exact) mass is 190 g/mol. The first kappa shape index (κ1) is 8.74. The summed E-state index contributed by atoms with van der Waals surface area (Å²) in [5.74, 6) is 0.586. The highest BCUT2D eigenvalue weighted by Gasteiger charge is 2.14. The van der Waals surface area contributed by atoms with Crippen LogP contribution in [0, 0.1) is 6.92 Å². The van der Waals surface area contributed by atoms with E-state index in [9.17, 15) is 4.79 Å². The van der Waals surface area contributed by atoms with Gasteiger partial charge in [0.1, 0.15) is 5.76 Å². The second kappa shape index (κ2) is 3.14. The maximum atomic E-state index is 11.8. The van der Waals surface area contributed by atoms with Crippen molar-refractivity contribution >= 4 is 5.78 Å². The lowest BCUT2D eigenvalue weighted by Gasteiger charge is -1.93. The molecule has 72 valence electrons. The molecule has 4 nitrogen and oxygen atoms in total. The van der Waals surface area contributed by atoms with E-state index in [-0.39, 0.29) is 5.78 Å². The van der Waals surface area contributed by atoms with Gasteiger partial charge in [-0.05, 0) is 13.0 Å². The molecule has 0 aliphatic rings. The molecule has 2 rings (SSSR count). The van der Waals surface area contributed by atoms with Gasteiger partial charge in [0.25, 0.3) is 0 Å². The first-order chi connectivity index (χ1) is 6.68. The smallest absolute Gasteiger partial charge is 0.199 e. The van der Waals surface area contributed by atoms with Crippen LogP contribution in [0.25, 0.3) is 0 Å². The lowest BCUT2D eigenvalue weighted by molar-refractivity contribution is 0.103. The largest absolute Gasteiger partial charge is 0.469 e. The molecule has 2 heterocycles. The number of aryl methyl sites for hydroxylation is 2. The van der Waals surface area contributed by atoms with Gasteiger partial charge in [0, 0.05) is 13.2 Å². The van der Waals surface area contributed by atoms with E-state index in [4.69, 9.17) is 4.42 Å². The molecule has 0 saturated heterocycles. The minimum absolute atomic E-state index is 0.0515. The third-order valence-electron chi connectivity index (χ3n) is 2.07. The maximum absolute atomic E-state index is 11.8. The lowest BCUT2D eigenvalue weighted by atomic mass is 10.1. The Morgan fingerprint density at radius 3 is 2.86 bits per heavy atom. The van der Waals surface area contributed by atoms with Crippen LogP contribution in [0.5, 0.6) is 0 Å². The molecule has 0 aliphatic heterocycles. The van der Waals surface area contributed by atoms with Crippen molar-refractivity contribution in [2.75, 3.05) is 0 Å². The topological polar surface area (TPSA) is 48.0 Å². The van der Waals surface area contributed by atoms with Crippen molar-refractivity contribution < 1.29 is 9.21 Å². The molecule has 0 bridgehead atoms. The summed E-state index contributed by atoms with van der Waals surface area (Å²) in [5.41, 5.74) is 1.18. The van der Waals surface area contributed by atoms with Crippen LogP contribution in [-0.4, -0.2) is 15.6 Å². The van der Waals surface area contributed by atoms with Crippen molar-refractivity contribution in [3.05, 3.63) is 41.6 Å². The molecule has 0 N–H and O–H groups in total. The molecule has 0 amide bonds. The van der Waals surface area contributed by atoms with Crippen molar-refractivity contribution in [2.24, 2.45) is 7.05 Å². The van der Waals surface area contributed by atoms with Crippen LogP contribution >= 0.6 is 0 Å². The van der Waals surface area contributed by atoms with Gasteiger partial charge in [-0.15, -0.1) is 0 Å². The van der Waals surface area contributed by atoms with Crippen LogP contribution in [0.2, 0.25) is 0 Å². The van der Waals surface area contributed by atoms with Gasteiger partial charge >= 0.3 is 0 Å². The third-order valence-corrected chi connectivity index (χ3v) is 2.07. The Hall–Kier alpha value is -1.84. The summed E-state index contributed by atoms with van der Waals surface area (Å²) in [7, 11) is 1.78. The summed E-state index contributed by atoms with van der Waals surface area (Å²) >= 11 is 0. The van der Waals surface area contributed by atoms with Crippen molar-refractivity contribution in [3.63, 3.8) is 0 Å². The van der Waals surface area contributed by atoms with Crippen LogP contribution in [0.4, 0.5) is 0 Å². The molecule has 0 fully saturated rings. The van der Waals surface area contributed by atoms with Gasteiger partial charge in [-0.1, -0.05) is 0 Å². The van der Waals surface area contributed by atoms with E-state index in [2.05, 4.69) is 5.10 Å². The summed E-state index contributed by atoms with van der Waals surface area (Å²) in [5, 5.41) is 3.94. The second-order valence-corrected chi connectivity index (χ2v) is 3.12. The Bertz CT molecular complexity index is 468. The van der Waals surface area contributed by atoms with Crippen molar-refractivity contribution in [2.45, 2.75) is 6.92 Å². The SMILES string of the molecule is Cc1occc1C(=O)c1cnn(C)c1. The van der Waals surface area contributed by atoms with Crippen LogP contribution in [0.3, 0.4) is 0 Å². The number of hydrogen-bond acceptors (Lipinski definition) is 3. The molecule has 0 radical (unpaired) electrons. The molecule has 0 atom stereocenters. The predicted octanol–water partition coefficient (Wildman–Crippen LogP) is 1.55. The summed E-state index contributed by atoms with van der Waals surface area (Å²) in [4.78, 5) is 11.8. The molecular formula is C10H10N2O2. The zero-order chi connectivity index (χ0) is 10.1. The van der Waals surface area contributed by atoms with E-state index < -0.39 is 0 Å².